The van der Waals surface area contributed by atoms with E-state index in [0.717, 1.165) is 12.8 Å². The Morgan fingerprint density at radius 2 is 1.65 bits per heavy atom. The van der Waals surface area contributed by atoms with Crippen LogP contribution in [0.25, 0.3) is 0 Å². The van der Waals surface area contributed by atoms with Crippen molar-refractivity contribution < 1.29 is 31.1 Å². The molecule has 1 saturated carbocycles. The highest BCUT2D eigenvalue weighted by atomic mass is 19.4. The number of aromatic nitrogens is 2. The van der Waals surface area contributed by atoms with Gasteiger partial charge < -0.3 is 5.32 Å². The average molecular weight is 343 g/mol. The van der Waals surface area contributed by atoms with E-state index in [1.807, 2.05) is 6.92 Å². The van der Waals surface area contributed by atoms with Gasteiger partial charge in [-0.15, -0.1) is 0 Å². The van der Waals surface area contributed by atoms with Crippen molar-refractivity contribution in [3.63, 3.8) is 0 Å². The fourth-order valence-electron chi connectivity index (χ4n) is 2.64. The number of aromatic amines is 1. The van der Waals surface area contributed by atoms with Crippen LogP contribution in [0.5, 0.6) is 0 Å². The van der Waals surface area contributed by atoms with Gasteiger partial charge in [0.05, 0.1) is 0 Å². The molecular formula is C13H15F6N3O. The van der Waals surface area contributed by atoms with Crippen molar-refractivity contribution in [2.24, 2.45) is 5.92 Å². The van der Waals surface area contributed by atoms with E-state index in [0.29, 0.717) is 18.8 Å². The van der Waals surface area contributed by atoms with Gasteiger partial charge >= 0.3 is 12.4 Å². The Labute approximate surface area is 127 Å². The Balaban J connectivity index is 2.29. The minimum absolute atomic E-state index is 0.425. The van der Waals surface area contributed by atoms with Crippen LogP contribution in [-0.4, -0.2) is 22.1 Å². The van der Waals surface area contributed by atoms with Crippen molar-refractivity contribution >= 4 is 5.91 Å². The van der Waals surface area contributed by atoms with Gasteiger partial charge in [-0.2, -0.15) is 31.4 Å². The molecule has 2 N–H and O–H groups in total. The molecule has 0 unspecified atom stereocenters. The number of H-pyrrole nitrogens is 1. The molecule has 1 fully saturated rings. The van der Waals surface area contributed by atoms with Crippen LogP contribution >= 0.6 is 0 Å². The van der Waals surface area contributed by atoms with Crippen molar-refractivity contribution in [2.45, 2.75) is 51.0 Å². The summed E-state index contributed by atoms with van der Waals surface area (Å²) in [5, 5.41) is 6.21. The molecule has 1 amide bonds. The van der Waals surface area contributed by atoms with Gasteiger partial charge in [-0.25, -0.2) is 0 Å². The lowest BCUT2D eigenvalue weighted by Gasteiger charge is -2.27. The molecule has 1 aromatic rings. The van der Waals surface area contributed by atoms with Crippen LogP contribution in [0.3, 0.4) is 0 Å². The van der Waals surface area contributed by atoms with Crippen LogP contribution < -0.4 is 5.32 Å². The smallest absolute Gasteiger partial charge is 0.349 e. The molecule has 0 aliphatic heterocycles. The molecular weight excluding hydrogens is 328 g/mol. The van der Waals surface area contributed by atoms with Crippen LogP contribution in [0.1, 0.15) is 54.4 Å². The van der Waals surface area contributed by atoms with Crippen LogP contribution in [0.15, 0.2) is 0 Å². The van der Waals surface area contributed by atoms with E-state index in [4.69, 9.17) is 0 Å². The Morgan fingerprint density at radius 3 is 2.13 bits per heavy atom. The van der Waals surface area contributed by atoms with Gasteiger partial charge in [0.15, 0.2) is 11.4 Å². The lowest BCUT2D eigenvalue weighted by molar-refractivity contribution is -0.143. The van der Waals surface area contributed by atoms with Crippen LogP contribution in [0.4, 0.5) is 26.3 Å². The second-order valence-corrected chi connectivity index (χ2v) is 5.75. The van der Waals surface area contributed by atoms with E-state index in [1.54, 1.807) is 0 Å². The number of nitrogens with zero attached hydrogens (tertiary/aromatic N) is 1. The van der Waals surface area contributed by atoms with Gasteiger partial charge in [0, 0.05) is 6.04 Å². The molecule has 1 aliphatic rings. The monoisotopic (exact) mass is 343 g/mol. The van der Waals surface area contributed by atoms with Crippen molar-refractivity contribution in [1.29, 1.82) is 0 Å². The van der Waals surface area contributed by atoms with Gasteiger partial charge in [-0.3, -0.25) is 9.89 Å². The molecule has 0 bridgehead atoms. The minimum Gasteiger partial charge on any atom is -0.349 e. The van der Waals surface area contributed by atoms with Crippen LogP contribution in [0.2, 0.25) is 0 Å². The molecule has 130 valence electrons. The molecule has 2 rings (SSSR count). The zero-order valence-corrected chi connectivity index (χ0v) is 12.1. The number of carbonyl (C=O) groups is 1. The first-order valence-corrected chi connectivity index (χ1v) is 7.03. The van der Waals surface area contributed by atoms with Gasteiger partial charge in [0.25, 0.3) is 5.91 Å². The number of carbonyl (C=O) groups excluding carboxylic acids is 1. The minimum atomic E-state index is -5.16. The number of rotatable bonds is 2. The highest BCUT2D eigenvalue weighted by molar-refractivity contribution is 5.97. The molecule has 0 aromatic carbocycles. The molecule has 10 heteroatoms. The maximum Gasteiger partial charge on any atom is 0.435 e. The molecule has 1 heterocycles. The summed E-state index contributed by atoms with van der Waals surface area (Å²) in [5.41, 5.74) is -5.14. The van der Waals surface area contributed by atoms with E-state index in [2.05, 4.69) is 10.4 Å². The topological polar surface area (TPSA) is 57.8 Å². The third-order valence-electron chi connectivity index (χ3n) is 3.90. The lowest BCUT2D eigenvalue weighted by atomic mass is 9.87. The maximum atomic E-state index is 12.8. The average Bonchev–Trinajstić information content (AvgIpc) is 2.86. The summed E-state index contributed by atoms with van der Waals surface area (Å²) in [6.45, 7) is 2.00. The van der Waals surface area contributed by atoms with Crippen LogP contribution in [-0.2, 0) is 12.4 Å². The number of amides is 1. The summed E-state index contributed by atoms with van der Waals surface area (Å²) >= 11 is 0. The number of hydrogen-bond donors (Lipinski definition) is 2. The molecule has 4 nitrogen and oxygen atoms in total. The molecule has 0 atom stereocenters. The number of alkyl halides is 6. The highest BCUT2D eigenvalue weighted by Gasteiger charge is 2.47. The normalized spacial score (nSPS) is 22.9. The first-order chi connectivity index (χ1) is 10.5. The summed E-state index contributed by atoms with van der Waals surface area (Å²) < 4.78 is 76.9. The van der Waals surface area contributed by atoms with Crippen molar-refractivity contribution in [1.82, 2.24) is 15.5 Å². The van der Waals surface area contributed by atoms with E-state index >= 15 is 0 Å². The first kappa shape index (κ1) is 17.6. The maximum absolute atomic E-state index is 12.8. The number of hydrogen-bond acceptors (Lipinski definition) is 2. The molecule has 23 heavy (non-hydrogen) atoms. The van der Waals surface area contributed by atoms with Gasteiger partial charge in [0.1, 0.15) is 5.56 Å². The number of halogens is 6. The fraction of sp³-hybridized carbons (Fsp3) is 0.692. The van der Waals surface area contributed by atoms with E-state index in [1.165, 1.54) is 5.10 Å². The predicted molar refractivity (Wildman–Crippen MR) is 67.5 cm³/mol. The zero-order valence-electron chi connectivity index (χ0n) is 12.1. The van der Waals surface area contributed by atoms with Crippen molar-refractivity contribution in [2.75, 3.05) is 0 Å². The summed E-state index contributed by atoms with van der Waals surface area (Å²) in [5.74, 6) is -0.980. The third kappa shape index (κ3) is 3.97. The van der Waals surface area contributed by atoms with Crippen LogP contribution in [0, 0.1) is 5.92 Å². The Kier molecular flexibility index (Phi) is 4.63. The molecule has 0 radical (unpaired) electrons. The Morgan fingerprint density at radius 1 is 1.09 bits per heavy atom. The van der Waals surface area contributed by atoms with E-state index in [9.17, 15) is 31.1 Å². The molecule has 1 aliphatic carbocycles. The van der Waals surface area contributed by atoms with Gasteiger partial charge in [-0.1, -0.05) is 6.92 Å². The highest BCUT2D eigenvalue weighted by Crippen LogP contribution is 2.38. The van der Waals surface area contributed by atoms with Gasteiger partial charge in [0.2, 0.25) is 0 Å². The first-order valence-electron chi connectivity index (χ1n) is 7.03. The largest absolute Gasteiger partial charge is 0.435 e. The fourth-order valence-corrected chi connectivity index (χ4v) is 2.64. The van der Waals surface area contributed by atoms with Crippen molar-refractivity contribution in [3.8, 4) is 0 Å². The second kappa shape index (κ2) is 6.04. The van der Waals surface area contributed by atoms with Gasteiger partial charge in [-0.05, 0) is 31.6 Å². The third-order valence-corrected chi connectivity index (χ3v) is 3.90. The predicted octanol–water partition coefficient (Wildman–Crippen LogP) is 3.76. The summed E-state index contributed by atoms with van der Waals surface area (Å²) in [6.07, 6.45) is -7.73. The summed E-state index contributed by atoms with van der Waals surface area (Å²) in [7, 11) is 0. The Hall–Kier alpha value is -1.74. The quantitative estimate of drug-likeness (QED) is 0.804. The summed E-state index contributed by atoms with van der Waals surface area (Å²) in [4.78, 5) is 12.0. The Bertz CT molecular complexity index is 538. The standard InChI is InChI=1S/C13H15F6N3O/c1-6-2-4-7(5-3-6)20-11(23)8-9(12(14,15)16)21-22-10(8)13(17,18)19/h6-7H,2-5H2,1H3,(H,20,23)(H,21,22). The molecule has 1 aromatic heterocycles. The number of nitrogens with one attached hydrogen (secondary N) is 2. The SMILES string of the molecule is CC1CCC(NC(=O)c2c(C(F)(F)F)n[nH]c2C(F)(F)F)CC1. The zero-order chi connectivity index (χ0) is 17.4. The summed E-state index contributed by atoms with van der Waals surface area (Å²) in [6, 6.07) is -0.434. The van der Waals surface area contributed by atoms with Crippen molar-refractivity contribution in [3.05, 3.63) is 17.0 Å². The van der Waals surface area contributed by atoms with E-state index in [-0.39, 0.29) is 0 Å². The molecule has 0 spiro atoms. The van der Waals surface area contributed by atoms with E-state index < -0.39 is 41.3 Å². The molecule has 0 saturated heterocycles. The lowest BCUT2D eigenvalue weighted by Crippen LogP contribution is -2.38. The second-order valence-electron chi connectivity index (χ2n) is 5.75.